The number of nitrogens with zero attached hydrogens (tertiary/aromatic N) is 2. The number of aromatic amines is 2. The predicted octanol–water partition coefficient (Wildman–Crippen LogP) is 8.19. The van der Waals surface area contributed by atoms with E-state index in [4.69, 9.17) is 9.47 Å². The van der Waals surface area contributed by atoms with Crippen molar-refractivity contribution >= 4 is 21.8 Å². The van der Waals surface area contributed by atoms with Gasteiger partial charge in [0.25, 0.3) is 0 Å². The van der Waals surface area contributed by atoms with E-state index in [0.717, 1.165) is 48.5 Å². The largest absolute Gasteiger partial charge is 0.496 e. The van der Waals surface area contributed by atoms with Gasteiger partial charge in [-0.1, -0.05) is 72.8 Å². The summed E-state index contributed by atoms with van der Waals surface area (Å²) in [4.78, 5) is 6.98. The average Bonchev–Trinajstić information content (AvgIpc) is 3.71. The molecule has 0 aliphatic heterocycles. The molecule has 1 unspecified atom stereocenters. The zero-order chi connectivity index (χ0) is 30.5. The third-order valence-corrected chi connectivity index (χ3v) is 9.06. The van der Waals surface area contributed by atoms with Crippen molar-refractivity contribution in [3.8, 4) is 11.5 Å². The van der Waals surface area contributed by atoms with E-state index in [0.29, 0.717) is 0 Å². The van der Waals surface area contributed by atoms with Gasteiger partial charge in [-0.2, -0.15) is 0 Å². The number of hydrazine groups is 1. The Balaban J connectivity index is 1.21. The summed E-state index contributed by atoms with van der Waals surface area (Å²) in [5.74, 6) is 2.28. The maximum atomic E-state index is 5.79. The van der Waals surface area contributed by atoms with Gasteiger partial charge in [-0.3, -0.25) is 0 Å². The molecule has 6 aromatic rings. The Morgan fingerprint density at radius 2 is 0.955 bits per heavy atom. The van der Waals surface area contributed by atoms with Crippen LogP contribution in [0.5, 0.6) is 11.5 Å². The van der Waals surface area contributed by atoms with Crippen LogP contribution in [-0.2, 0) is 0 Å². The van der Waals surface area contributed by atoms with Crippen LogP contribution in [0.3, 0.4) is 0 Å². The Bertz CT molecular complexity index is 1660. The minimum absolute atomic E-state index is 0.229. The van der Waals surface area contributed by atoms with Crippen LogP contribution in [0.1, 0.15) is 46.9 Å². The van der Waals surface area contributed by atoms with Crippen molar-refractivity contribution in [2.45, 2.75) is 24.7 Å². The smallest absolute Gasteiger partial charge is 0.128 e. The molecule has 6 nitrogen and oxygen atoms in total. The molecule has 2 aromatic heterocycles. The number of hydrogen-bond donors (Lipinski definition) is 2. The number of H-pyrrole nitrogens is 2. The Hall–Kier alpha value is -4.52. The summed E-state index contributed by atoms with van der Waals surface area (Å²) >= 11 is 0. The SMILES string of the molecule is COc1cccc2[nH]cc(C(CCN(C)N(C)CC[C@@H](c3ccccc3)c3c[nH]c4cccc(OC)c34)c3ccccc3)c12. The van der Waals surface area contributed by atoms with Gasteiger partial charge in [0.05, 0.1) is 14.2 Å². The monoisotopic (exact) mass is 586 g/mol. The van der Waals surface area contributed by atoms with Crippen LogP contribution in [0.25, 0.3) is 21.8 Å². The fourth-order valence-corrected chi connectivity index (χ4v) is 6.59. The normalized spacial score (nSPS) is 13.1. The van der Waals surface area contributed by atoms with Gasteiger partial charge in [0.2, 0.25) is 0 Å². The summed E-state index contributed by atoms with van der Waals surface area (Å²) < 4.78 is 11.6. The first-order chi connectivity index (χ1) is 21.6. The van der Waals surface area contributed by atoms with Crippen molar-refractivity contribution in [3.05, 3.63) is 132 Å². The molecule has 0 fully saturated rings. The Morgan fingerprint density at radius 3 is 1.34 bits per heavy atom. The third-order valence-electron chi connectivity index (χ3n) is 9.06. The van der Waals surface area contributed by atoms with Gasteiger partial charge in [-0.25, -0.2) is 10.0 Å². The second-order valence-corrected chi connectivity index (χ2v) is 11.5. The van der Waals surface area contributed by atoms with Gasteiger partial charge in [0, 0.05) is 73.2 Å². The zero-order valence-electron chi connectivity index (χ0n) is 26.1. The minimum atomic E-state index is 0.229. The highest BCUT2D eigenvalue weighted by Gasteiger charge is 2.24. The van der Waals surface area contributed by atoms with Gasteiger partial charge in [0.1, 0.15) is 11.5 Å². The van der Waals surface area contributed by atoms with E-state index in [-0.39, 0.29) is 11.8 Å². The van der Waals surface area contributed by atoms with Crippen LogP contribution >= 0.6 is 0 Å². The number of aromatic nitrogens is 2. The first-order valence-electron chi connectivity index (χ1n) is 15.4. The average molecular weight is 587 g/mol. The number of benzene rings is 4. The number of nitrogens with one attached hydrogen (secondary N) is 2. The second-order valence-electron chi connectivity index (χ2n) is 11.5. The van der Waals surface area contributed by atoms with Crippen molar-refractivity contribution in [1.29, 1.82) is 0 Å². The fourth-order valence-electron chi connectivity index (χ4n) is 6.59. The maximum Gasteiger partial charge on any atom is 0.128 e. The lowest BCUT2D eigenvalue weighted by molar-refractivity contribution is 0.0234. The molecule has 0 amide bonds. The number of ether oxygens (including phenoxy) is 2. The minimum Gasteiger partial charge on any atom is -0.496 e. The van der Waals surface area contributed by atoms with Crippen LogP contribution in [0.15, 0.2) is 109 Å². The van der Waals surface area contributed by atoms with E-state index < -0.39 is 0 Å². The van der Waals surface area contributed by atoms with Gasteiger partial charge in [0.15, 0.2) is 0 Å². The highest BCUT2D eigenvalue weighted by Crippen LogP contribution is 2.39. The summed E-state index contributed by atoms with van der Waals surface area (Å²) in [7, 11) is 7.90. The lowest BCUT2D eigenvalue weighted by Gasteiger charge is -2.31. The molecule has 2 N–H and O–H groups in total. The summed E-state index contributed by atoms with van der Waals surface area (Å²) in [6.45, 7) is 1.82. The van der Waals surface area contributed by atoms with E-state index >= 15 is 0 Å². The van der Waals surface area contributed by atoms with Crippen molar-refractivity contribution in [2.24, 2.45) is 0 Å². The van der Waals surface area contributed by atoms with Gasteiger partial charge in [-0.05, 0) is 59.4 Å². The molecule has 6 heteroatoms. The van der Waals surface area contributed by atoms with Crippen LogP contribution in [0, 0.1) is 0 Å². The number of rotatable bonds is 13. The van der Waals surface area contributed by atoms with Crippen LogP contribution in [0.4, 0.5) is 0 Å². The molecular formula is C38H42N4O2. The molecule has 44 heavy (non-hydrogen) atoms. The molecular weight excluding hydrogens is 544 g/mol. The first kappa shape index (κ1) is 29.5. The summed E-state index contributed by atoms with van der Waals surface area (Å²) in [5.41, 5.74) is 7.38. The molecule has 226 valence electrons. The van der Waals surface area contributed by atoms with Crippen LogP contribution in [-0.4, -0.2) is 61.4 Å². The molecule has 0 saturated carbocycles. The molecule has 6 rings (SSSR count). The van der Waals surface area contributed by atoms with E-state index in [1.54, 1.807) is 14.2 Å². The molecule has 2 atom stereocenters. The molecule has 0 radical (unpaired) electrons. The highest BCUT2D eigenvalue weighted by molar-refractivity contribution is 5.91. The van der Waals surface area contributed by atoms with Gasteiger partial charge in [-0.15, -0.1) is 0 Å². The van der Waals surface area contributed by atoms with Crippen LogP contribution < -0.4 is 9.47 Å². The first-order valence-corrected chi connectivity index (χ1v) is 15.4. The summed E-state index contributed by atoms with van der Waals surface area (Å²) in [6.07, 6.45) is 6.26. The van der Waals surface area contributed by atoms with E-state index in [9.17, 15) is 0 Å². The second kappa shape index (κ2) is 13.4. The topological polar surface area (TPSA) is 56.5 Å². The zero-order valence-corrected chi connectivity index (χ0v) is 26.1. The standard InChI is InChI=1S/C38H42N4O2/c1-41(23-21-29(27-13-7-5-8-14-27)31-25-39-33-17-11-19-35(43-3)37(31)33)42(2)24-22-30(28-15-9-6-10-16-28)32-26-40-34-18-12-20-36(44-4)38(32)34/h5-20,25-26,29-30,39-40H,21-24H2,1-4H3/t29-,30?/m0/s1. The number of hydrogen-bond acceptors (Lipinski definition) is 4. The van der Waals surface area contributed by atoms with Gasteiger partial charge >= 0.3 is 0 Å². The lowest BCUT2D eigenvalue weighted by Crippen LogP contribution is -2.38. The summed E-state index contributed by atoms with van der Waals surface area (Å²) in [6, 6.07) is 34.1. The Morgan fingerprint density at radius 1 is 0.545 bits per heavy atom. The molecule has 2 heterocycles. The van der Waals surface area contributed by atoms with Crippen molar-refractivity contribution in [3.63, 3.8) is 0 Å². The van der Waals surface area contributed by atoms with Gasteiger partial charge < -0.3 is 19.4 Å². The Labute approximate surface area is 260 Å². The number of methoxy groups -OCH3 is 2. The van der Waals surface area contributed by atoms with Crippen molar-refractivity contribution in [2.75, 3.05) is 41.4 Å². The molecule has 0 aliphatic rings. The molecule has 4 aromatic carbocycles. The maximum absolute atomic E-state index is 5.79. The Kier molecular flexibility index (Phi) is 9.01. The third kappa shape index (κ3) is 5.96. The van der Waals surface area contributed by atoms with Crippen molar-refractivity contribution < 1.29 is 9.47 Å². The molecule has 0 bridgehead atoms. The lowest BCUT2D eigenvalue weighted by atomic mass is 9.87. The highest BCUT2D eigenvalue weighted by atomic mass is 16.5. The molecule has 0 saturated heterocycles. The molecule has 0 aliphatic carbocycles. The van der Waals surface area contributed by atoms with E-state index in [1.165, 1.54) is 33.0 Å². The summed E-state index contributed by atoms with van der Waals surface area (Å²) in [5, 5.41) is 7.05. The van der Waals surface area contributed by atoms with E-state index in [1.807, 2.05) is 24.3 Å². The van der Waals surface area contributed by atoms with Crippen LogP contribution in [0.2, 0.25) is 0 Å². The quantitative estimate of drug-likeness (QED) is 0.134. The molecule has 0 spiro atoms. The number of fused-ring (bicyclic) bond motifs is 2. The fraction of sp³-hybridized carbons (Fsp3) is 0.263. The van der Waals surface area contributed by atoms with E-state index in [2.05, 4.69) is 119 Å². The predicted molar refractivity (Wildman–Crippen MR) is 181 cm³/mol. The van der Waals surface area contributed by atoms with Crippen molar-refractivity contribution in [1.82, 2.24) is 20.0 Å².